The highest BCUT2D eigenvalue weighted by molar-refractivity contribution is 9.10. The number of nitrogens with zero attached hydrogens (tertiary/aromatic N) is 3. The van der Waals surface area contributed by atoms with Crippen molar-refractivity contribution >= 4 is 45.7 Å². The van der Waals surface area contributed by atoms with Gasteiger partial charge in [0.25, 0.3) is 0 Å². The van der Waals surface area contributed by atoms with E-state index in [1.807, 2.05) is 42.6 Å². The molecule has 0 saturated carbocycles. The molecule has 0 fully saturated rings. The fourth-order valence-corrected chi connectivity index (χ4v) is 3.28. The second kappa shape index (κ2) is 6.05. The van der Waals surface area contributed by atoms with E-state index in [2.05, 4.69) is 31.2 Å². The van der Waals surface area contributed by atoms with Gasteiger partial charge in [-0.2, -0.15) is 14.9 Å². The number of aromatic amines is 1. The number of halogens is 1. The molecule has 0 unspecified atom stereocenters. The average molecular weight is 379 g/mol. The van der Waals surface area contributed by atoms with Gasteiger partial charge in [0.05, 0.1) is 6.21 Å². The molecule has 2 heterocycles. The molecular weight excluding hydrogens is 368 g/mol. The Morgan fingerprint density at radius 1 is 1.38 bits per heavy atom. The van der Waals surface area contributed by atoms with Gasteiger partial charge in [0.2, 0.25) is 4.77 Å². The minimum absolute atomic E-state index is 0.470. The highest BCUT2D eigenvalue weighted by atomic mass is 79.9. The van der Waals surface area contributed by atoms with Gasteiger partial charge in [0.1, 0.15) is 0 Å². The Balaban J connectivity index is 1.99. The van der Waals surface area contributed by atoms with Gasteiger partial charge in [0.15, 0.2) is 5.82 Å². The van der Waals surface area contributed by atoms with E-state index >= 15 is 0 Å². The maximum atomic E-state index is 5.24. The molecule has 3 aromatic rings. The van der Waals surface area contributed by atoms with Crippen molar-refractivity contribution in [3.05, 3.63) is 55.4 Å². The fraction of sp³-hybridized carbons (Fsp3) is 0.0714. The molecule has 2 aromatic heterocycles. The average Bonchev–Trinajstić information content (AvgIpc) is 3.04. The van der Waals surface area contributed by atoms with E-state index in [9.17, 15) is 0 Å². The van der Waals surface area contributed by atoms with Crippen LogP contribution in [-0.2, 0) is 0 Å². The first-order valence-electron chi connectivity index (χ1n) is 6.16. The second-order valence-corrected chi connectivity index (χ2v) is 6.69. The van der Waals surface area contributed by atoms with Crippen LogP contribution in [0.1, 0.15) is 10.4 Å². The Kier molecular flexibility index (Phi) is 4.14. The predicted molar refractivity (Wildman–Crippen MR) is 92.6 cm³/mol. The van der Waals surface area contributed by atoms with E-state index in [4.69, 9.17) is 12.2 Å². The number of hydrogen-bond donors (Lipinski definition) is 1. The predicted octanol–water partition coefficient (Wildman–Crippen LogP) is 4.62. The van der Waals surface area contributed by atoms with Gasteiger partial charge in [-0.25, -0.2) is 5.10 Å². The van der Waals surface area contributed by atoms with Crippen LogP contribution in [0.5, 0.6) is 0 Å². The zero-order valence-electron chi connectivity index (χ0n) is 11.1. The quantitative estimate of drug-likeness (QED) is 0.533. The van der Waals surface area contributed by atoms with Crippen LogP contribution in [0.25, 0.3) is 11.4 Å². The molecular formula is C14H11BrN4S2. The number of rotatable bonds is 3. The Hall–Kier alpha value is -1.57. The molecule has 0 amide bonds. The van der Waals surface area contributed by atoms with Gasteiger partial charge >= 0.3 is 0 Å². The lowest BCUT2D eigenvalue weighted by atomic mass is 10.1. The molecule has 1 N–H and O–H groups in total. The van der Waals surface area contributed by atoms with Crippen molar-refractivity contribution in [1.82, 2.24) is 14.9 Å². The second-order valence-electron chi connectivity index (χ2n) is 4.44. The number of hydrogen-bond acceptors (Lipinski definition) is 4. The fourth-order valence-electron chi connectivity index (χ4n) is 1.80. The van der Waals surface area contributed by atoms with Crippen LogP contribution >= 0.6 is 39.5 Å². The van der Waals surface area contributed by atoms with Crippen LogP contribution in [0.3, 0.4) is 0 Å². The van der Waals surface area contributed by atoms with Gasteiger partial charge in [-0.1, -0.05) is 29.8 Å². The topological polar surface area (TPSA) is 46.0 Å². The van der Waals surface area contributed by atoms with Gasteiger partial charge in [0, 0.05) is 20.3 Å². The highest BCUT2D eigenvalue weighted by Crippen LogP contribution is 2.20. The van der Waals surface area contributed by atoms with Crippen LogP contribution < -0.4 is 0 Å². The first kappa shape index (κ1) is 14.4. The summed E-state index contributed by atoms with van der Waals surface area (Å²) in [6, 6.07) is 10.1. The minimum atomic E-state index is 0.470. The summed E-state index contributed by atoms with van der Waals surface area (Å²) in [6.45, 7) is 2.05. The summed E-state index contributed by atoms with van der Waals surface area (Å²) in [5.41, 5.74) is 2.17. The molecule has 0 aliphatic carbocycles. The molecule has 0 saturated heterocycles. The summed E-state index contributed by atoms with van der Waals surface area (Å²) < 4.78 is 3.15. The smallest absolute Gasteiger partial charge is 0.216 e. The summed E-state index contributed by atoms with van der Waals surface area (Å²) in [7, 11) is 0. The van der Waals surface area contributed by atoms with Crippen molar-refractivity contribution in [2.45, 2.75) is 6.92 Å². The van der Waals surface area contributed by atoms with Crippen molar-refractivity contribution in [2.24, 2.45) is 5.10 Å². The van der Waals surface area contributed by atoms with Crippen LogP contribution in [0.4, 0.5) is 0 Å². The summed E-state index contributed by atoms with van der Waals surface area (Å²) >= 11 is 10.3. The molecule has 0 atom stereocenters. The third kappa shape index (κ3) is 3.20. The number of thiophene rings is 1. The molecule has 7 heteroatoms. The van der Waals surface area contributed by atoms with Gasteiger partial charge in [-0.3, -0.25) is 0 Å². The van der Waals surface area contributed by atoms with Crippen molar-refractivity contribution < 1.29 is 0 Å². The molecule has 1 aromatic carbocycles. The maximum Gasteiger partial charge on any atom is 0.216 e. The van der Waals surface area contributed by atoms with E-state index in [0.29, 0.717) is 10.6 Å². The Bertz CT molecular complexity index is 842. The van der Waals surface area contributed by atoms with Gasteiger partial charge in [-0.05, 0) is 41.1 Å². The summed E-state index contributed by atoms with van der Waals surface area (Å²) in [5.74, 6) is 0.701. The van der Waals surface area contributed by atoms with Crippen molar-refractivity contribution in [3.63, 3.8) is 0 Å². The lowest BCUT2D eigenvalue weighted by Gasteiger charge is -2.01. The maximum absolute atomic E-state index is 5.24. The molecule has 0 aliphatic heterocycles. The van der Waals surface area contributed by atoms with Crippen LogP contribution in [-0.4, -0.2) is 21.1 Å². The number of aryl methyl sites for hydroxylation is 1. The number of nitrogens with one attached hydrogen (secondary N) is 1. The number of H-pyrrole nitrogens is 1. The van der Waals surface area contributed by atoms with E-state index in [1.165, 1.54) is 5.56 Å². The summed E-state index contributed by atoms with van der Waals surface area (Å²) in [5, 5.41) is 13.5. The van der Waals surface area contributed by atoms with Gasteiger partial charge in [-0.15, -0.1) is 11.3 Å². The van der Waals surface area contributed by atoms with Crippen molar-refractivity contribution in [1.29, 1.82) is 0 Å². The monoisotopic (exact) mass is 378 g/mol. The van der Waals surface area contributed by atoms with Crippen LogP contribution in [0.15, 0.2) is 45.3 Å². The SMILES string of the molecule is Cc1ccc(-c2n[nH]c(=S)n2/N=C\c2cc(Br)cs2)cc1. The zero-order chi connectivity index (χ0) is 14.8. The Morgan fingerprint density at radius 2 is 2.14 bits per heavy atom. The first-order chi connectivity index (χ1) is 10.1. The lowest BCUT2D eigenvalue weighted by Crippen LogP contribution is -1.94. The number of benzene rings is 1. The summed E-state index contributed by atoms with van der Waals surface area (Å²) in [4.78, 5) is 1.04. The molecule has 0 bridgehead atoms. The third-order valence-electron chi connectivity index (χ3n) is 2.85. The highest BCUT2D eigenvalue weighted by Gasteiger charge is 2.07. The first-order valence-corrected chi connectivity index (χ1v) is 8.24. The van der Waals surface area contributed by atoms with Crippen LogP contribution in [0, 0.1) is 11.7 Å². The summed E-state index contributed by atoms with van der Waals surface area (Å²) in [6.07, 6.45) is 1.78. The largest absolute Gasteiger partial charge is 0.250 e. The Labute approximate surface area is 139 Å². The van der Waals surface area contributed by atoms with E-state index in [0.717, 1.165) is 14.9 Å². The molecule has 0 radical (unpaired) electrons. The lowest BCUT2D eigenvalue weighted by molar-refractivity contribution is 0.872. The number of aromatic nitrogens is 3. The standard InChI is InChI=1S/C14H11BrN4S2/c1-9-2-4-10(5-3-9)13-17-18-14(20)19(13)16-7-12-6-11(15)8-21-12/h2-8H,1H3,(H,18,20)/b16-7-. The molecule has 3 rings (SSSR count). The Morgan fingerprint density at radius 3 is 2.81 bits per heavy atom. The molecule has 0 spiro atoms. The van der Waals surface area contributed by atoms with Crippen molar-refractivity contribution in [2.75, 3.05) is 0 Å². The normalized spacial score (nSPS) is 11.3. The minimum Gasteiger partial charge on any atom is -0.250 e. The molecule has 0 aliphatic rings. The molecule has 106 valence electrons. The van der Waals surface area contributed by atoms with E-state index in [-0.39, 0.29) is 0 Å². The van der Waals surface area contributed by atoms with E-state index in [1.54, 1.807) is 22.2 Å². The van der Waals surface area contributed by atoms with Crippen LogP contribution in [0.2, 0.25) is 0 Å². The van der Waals surface area contributed by atoms with E-state index < -0.39 is 0 Å². The molecule has 21 heavy (non-hydrogen) atoms. The third-order valence-corrected chi connectivity index (χ3v) is 4.74. The van der Waals surface area contributed by atoms with Crippen molar-refractivity contribution in [3.8, 4) is 11.4 Å². The zero-order valence-corrected chi connectivity index (χ0v) is 14.3. The molecule has 4 nitrogen and oxygen atoms in total. The van der Waals surface area contributed by atoms with Gasteiger partial charge < -0.3 is 0 Å².